The molecule has 1 aromatic heterocycles. The van der Waals surface area contributed by atoms with Crippen molar-refractivity contribution in [1.29, 1.82) is 0 Å². The molecule has 0 saturated heterocycles. The van der Waals surface area contributed by atoms with E-state index in [4.69, 9.17) is 0 Å². The van der Waals surface area contributed by atoms with E-state index < -0.39 is 0 Å². The van der Waals surface area contributed by atoms with Gasteiger partial charge in [0, 0.05) is 35.0 Å². The van der Waals surface area contributed by atoms with Gasteiger partial charge >= 0.3 is 0 Å². The molecule has 162 valence electrons. The Labute approximate surface area is 191 Å². The second-order valence-corrected chi connectivity index (χ2v) is 8.24. The Kier molecular flexibility index (Phi) is 6.96. The normalized spacial score (nSPS) is 10.8. The van der Waals surface area contributed by atoms with Gasteiger partial charge in [0.05, 0.1) is 0 Å². The molecule has 0 radical (unpaired) electrons. The molecule has 0 unspecified atom stereocenters. The van der Waals surface area contributed by atoms with E-state index in [-0.39, 0.29) is 0 Å². The van der Waals surface area contributed by atoms with Crippen molar-refractivity contribution in [2.24, 2.45) is 0 Å². The summed E-state index contributed by atoms with van der Waals surface area (Å²) >= 11 is 0. The monoisotopic (exact) mass is 421 g/mol. The van der Waals surface area contributed by atoms with Gasteiger partial charge in [-0.3, -0.25) is 0 Å². The zero-order valence-electron chi connectivity index (χ0n) is 19.3. The second-order valence-electron chi connectivity index (χ2n) is 8.24. The molecule has 3 aromatic carbocycles. The molecule has 0 atom stereocenters. The molecular weight excluding hydrogens is 390 g/mol. The van der Waals surface area contributed by atoms with E-state index in [1.54, 1.807) is 0 Å². The maximum absolute atomic E-state index is 4.34. The molecule has 0 N–H and O–H groups in total. The predicted octanol–water partition coefficient (Wildman–Crippen LogP) is 7.83. The Bertz CT molecular complexity index is 1100. The smallest absolute Gasteiger partial charge is 0.125 e. The highest BCUT2D eigenvalue weighted by atomic mass is 15.1. The molecule has 3 heteroatoms. The molecule has 0 fully saturated rings. The molecule has 0 saturated carbocycles. The summed E-state index contributed by atoms with van der Waals surface area (Å²) in [4.78, 5) is 11.0. The van der Waals surface area contributed by atoms with Crippen LogP contribution in [0.15, 0.2) is 85.2 Å². The number of hydrogen-bond acceptors (Lipinski definition) is 3. The van der Waals surface area contributed by atoms with Crippen molar-refractivity contribution in [3.8, 4) is 11.1 Å². The highest BCUT2D eigenvalue weighted by Gasteiger charge is 2.14. The van der Waals surface area contributed by atoms with Crippen LogP contribution < -0.4 is 4.90 Å². The lowest BCUT2D eigenvalue weighted by Gasteiger charge is -2.26. The first-order valence-electron chi connectivity index (χ1n) is 11.5. The summed E-state index contributed by atoms with van der Waals surface area (Å²) in [5, 5.41) is 0. The zero-order chi connectivity index (χ0) is 22.3. The van der Waals surface area contributed by atoms with Gasteiger partial charge in [-0.05, 0) is 72.9 Å². The molecular formula is C29H31N3. The van der Waals surface area contributed by atoms with Crippen LogP contribution in [0.2, 0.25) is 0 Å². The van der Waals surface area contributed by atoms with Gasteiger partial charge in [0.25, 0.3) is 0 Å². The van der Waals surface area contributed by atoms with Crippen molar-refractivity contribution in [2.45, 2.75) is 46.5 Å². The van der Waals surface area contributed by atoms with E-state index in [0.717, 1.165) is 48.3 Å². The first-order chi connectivity index (χ1) is 15.7. The number of rotatable bonds is 8. The molecule has 32 heavy (non-hydrogen) atoms. The Hall–Kier alpha value is -3.46. The molecule has 0 aliphatic rings. The molecule has 0 amide bonds. The predicted molar refractivity (Wildman–Crippen MR) is 135 cm³/mol. The van der Waals surface area contributed by atoms with Gasteiger partial charge < -0.3 is 4.90 Å². The van der Waals surface area contributed by atoms with Crippen LogP contribution in [0.1, 0.15) is 43.6 Å². The second kappa shape index (κ2) is 10.2. The molecule has 0 spiro atoms. The number of nitrogens with zero attached hydrogens (tertiary/aromatic N) is 3. The van der Waals surface area contributed by atoms with Gasteiger partial charge in [-0.1, -0.05) is 63.1 Å². The molecule has 1 heterocycles. The lowest BCUT2D eigenvalue weighted by Crippen LogP contribution is -2.10. The fourth-order valence-electron chi connectivity index (χ4n) is 4.07. The van der Waals surface area contributed by atoms with Crippen LogP contribution >= 0.6 is 0 Å². The molecule has 0 bridgehead atoms. The Balaban J connectivity index is 1.76. The van der Waals surface area contributed by atoms with Crippen molar-refractivity contribution >= 4 is 17.1 Å². The van der Waals surface area contributed by atoms with Crippen LogP contribution in [-0.2, 0) is 12.8 Å². The largest absolute Gasteiger partial charge is 0.310 e. The maximum atomic E-state index is 4.34. The third kappa shape index (κ3) is 5.05. The van der Waals surface area contributed by atoms with E-state index in [0.29, 0.717) is 0 Å². The zero-order valence-corrected chi connectivity index (χ0v) is 19.3. The van der Waals surface area contributed by atoms with E-state index >= 15 is 0 Å². The fraction of sp³-hybridized carbons (Fsp3) is 0.241. The molecule has 3 nitrogen and oxygen atoms in total. The van der Waals surface area contributed by atoms with Crippen molar-refractivity contribution in [1.82, 2.24) is 9.97 Å². The molecule has 0 aliphatic carbocycles. The highest BCUT2D eigenvalue weighted by molar-refractivity contribution is 5.78. The molecule has 4 rings (SSSR count). The van der Waals surface area contributed by atoms with Crippen LogP contribution in [0.25, 0.3) is 11.1 Å². The summed E-state index contributed by atoms with van der Waals surface area (Å²) in [6.07, 6.45) is 8.23. The summed E-state index contributed by atoms with van der Waals surface area (Å²) in [6, 6.07) is 26.5. The fourth-order valence-corrected chi connectivity index (χ4v) is 4.07. The Morgan fingerprint density at radius 2 is 1.16 bits per heavy atom. The van der Waals surface area contributed by atoms with Gasteiger partial charge in [-0.2, -0.15) is 0 Å². The van der Waals surface area contributed by atoms with Crippen molar-refractivity contribution in [3.63, 3.8) is 0 Å². The van der Waals surface area contributed by atoms with Gasteiger partial charge in [0.1, 0.15) is 5.82 Å². The van der Waals surface area contributed by atoms with Crippen LogP contribution in [0.5, 0.6) is 0 Å². The van der Waals surface area contributed by atoms with Crippen LogP contribution in [0.3, 0.4) is 0 Å². The average Bonchev–Trinajstić information content (AvgIpc) is 2.81. The summed E-state index contributed by atoms with van der Waals surface area (Å²) in [5.41, 5.74) is 8.41. The Morgan fingerprint density at radius 1 is 0.625 bits per heavy atom. The maximum Gasteiger partial charge on any atom is 0.125 e. The van der Waals surface area contributed by atoms with E-state index in [1.807, 2.05) is 19.3 Å². The Morgan fingerprint density at radius 3 is 1.66 bits per heavy atom. The first kappa shape index (κ1) is 21.8. The standard InChI is InChI=1S/C29H31N3/c1-4-8-23-10-6-12-28(18-23)32(29-13-7-11-24(19-29)9-5-2)27-16-14-25(15-17-27)26-20-30-22(3)31-21-26/h6-7,10-21H,4-5,8-9H2,1-3H3. The number of anilines is 3. The summed E-state index contributed by atoms with van der Waals surface area (Å²) < 4.78 is 0. The quantitative estimate of drug-likeness (QED) is 0.290. The lowest BCUT2D eigenvalue weighted by atomic mass is 10.0. The van der Waals surface area contributed by atoms with Gasteiger partial charge in [-0.25, -0.2) is 9.97 Å². The van der Waals surface area contributed by atoms with Gasteiger partial charge in [-0.15, -0.1) is 0 Å². The molecule has 4 aromatic rings. The minimum absolute atomic E-state index is 0.787. The summed E-state index contributed by atoms with van der Waals surface area (Å²) in [5.74, 6) is 0.787. The lowest BCUT2D eigenvalue weighted by molar-refractivity contribution is 0.919. The summed E-state index contributed by atoms with van der Waals surface area (Å²) in [6.45, 7) is 6.36. The van der Waals surface area contributed by atoms with Crippen LogP contribution in [0.4, 0.5) is 17.1 Å². The SMILES string of the molecule is CCCc1cccc(N(c2ccc(-c3cnc(C)nc3)cc2)c2cccc(CCC)c2)c1. The van der Waals surface area contributed by atoms with E-state index in [2.05, 4.69) is 102 Å². The van der Waals surface area contributed by atoms with Crippen LogP contribution in [-0.4, -0.2) is 9.97 Å². The minimum Gasteiger partial charge on any atom is -0.310 e. The topological polar surface area (TPSA) is 29.0 Å². The van der Waals surface area contributed by atoms with Gasteiger partial charge in [0.2, 0.25) is 0 Å². The number of benzene rings is 3. The first-order valence-corrected chi connectivity index (χ1v) is 11.5. The van der Waals surface area contributed by atoms with Crippen molar-refractivity contribution < 1.29 is 0 Å². The number of aromatic nitrogens is 2. The minimum atomic E-state index is 0.787. The highest BCUT2D eigenvalue weighted by Crippen LogP contribution is 2.36. The van der Waals surface area contributed by atoms with Crippen molar-refractivity contribution in [3.05, 3.63) is 102 Å². The van der Waals surface area contributed by atoms with E-state index in [9.17, 15) is 0 Å². The third-order valence-electron chi connectivity index (χ3n) is 5.65. The van der Waals surface area contributed by atoms with Crippen molar-refractivity contribution in [2.75, 3.05) is 4.90 Å². The third-order valence-corrected chi connectivity index (χ3v) is 5.65. The number of hydrogen-bond donors (Lipinski definition) is 0. The average molecular weight is 422 g/mol. The number of aryl methyl sites for hydroxylation is 3. The van der Waals surface area contributed by atoms with E-state index in [1.165, 1.54) is 22.5 Å². The summed E-state index contributed by atoms with van der Waals surface area (Å²) in [7, 11) is 0. The van der Waals surface area contributed by atoms with Crippen LogP contribution in [0, 0.1) is 6.92 Å². The molecule has 0 aliphatic heterocycles. The van der Waals surface area contributed by atoms with Gasteiger partial charge in [0.15, 0.2) is 0 Å².